The molecule has 4 rings (SSSR count). The Kier molecular flexibility index (Phi) is 6.71. The lowest BCUT2D eigenvalue weighted by Crippen LogP contribution is -2.50. The van der Waals surface area contributed by atoms with Crippen molar-refractivity contribution in [3.8, 4) is 0 Å². The van der Waals surface area contributed by atoms with Crippen molar-refractivity contribution >= 4 is 11.8 Å². The Morgan fingerprint density at radius 3 is 2.45 bits per heavy atom. The fraction of sp³-hybridized carbons (Fsp3) is 0.462. The van der Waals surface area contributed by atoms with E-state index < -0.39 is 0 Å². The Balaban J connectivity index is 1.30. The van der Waals surface area contributed by atoms with Gasteiger partial charge in [0.05, 0.1) is 6.54 Å². The molecule has 164 valence electrons. The predicted molar refractivity (Wildman–Crippen MR) is 123 cm³/mol. The van der Waals surface area contributed by atoms with Crippen LogP contribution in [0.25, 0.3) is 0 Å². The second kappa shape index (κ2) is 9.65. The molecule has 1 unspecified atom stereocenters. The summed E-state index contributed by atoms with van der Waals surface area (Å²) in [5.41, 5.74) is 4.52. The smallest absolute Gasteiger partial charge is 0.251 e. The van der Waals surface area contributed by atoms with E-state index in [-0.39, 0.29) is 17.9 Å². The maximum absolute atomic E-state index is 13.0. The second-order valence-electron chi connectivity index (χ2n) is 8.79. The third-order valence-electron chi connectivity index (χ3n) is 6.82. The summed E-state index contributed by atoms with van der Waals surface area (Å²) in [7, 11) is 0. The molecule has 2 heterocycles. The zero-order chi connectivity index (χ0) is 21.8. The van der Waals surface area contributed by atoms with Crippen molar-refractivity contribution in [3.63, 3.8) is 0 Å². The Bertz CT molecular complexity index is 934. The molecule has 1 N–H and O–H groups in total. The lowest BCUT2D eigenvalue weighted by molar-refractivity contribution is -0.134. The number of nitrogens with zero attached hydrogens (tertiary/aromatic N) is 2. The molecule has 1 fully saturated rings. The van der Waals surface area contributed by atoms with Crippen LogP contribution in [0.15, 0.2) is 48.5 Å². The summed E-state index contributed by atoms with van der Waals surface area (Å²) < 4.78 is 0. The number of likely N-dealkylation sites (tertiary alicyclic amines) is 1. The number of carbonyl (C=O) groups is 2. The molecule has 2 aliphatic rings. The van der Waals surface area contributed by atoms with E-state index in [1.165, 1.54) is 11.1 Å². The Morgan fingerprint density at radius 2 is 1.71 bits per heavy atom. The molecule has 0 aliphatic carbocycles. The fourth-order valence-electron chi connectivity index (χ4n) is 5.01. The highest BCUT2D eigenvalue weighted by molar-refractivity contribution is 5.95. The maximum atomic E-state index is 13.0. The lowest BCUT2D eigenvalue weighted by atomic mass is 9.91. The molecule has 0 spiro atoms. The predicted octanol–water partition coefficient (Wildman–Crippen LogP) is 3.73. The molecule has 5 heteroatoms. The molecule has 2 aliphatic heterocycles. The van der Waals surface area contributed by atoms with Gasteiger partial charge in [-0.1, -0.05) is 49.4 Å². The molecule has 1 atom stereocenters. The number of benzene rings is 2. The summed E-state index contributed by atoms with van der Waals surface area (Å²) in [6, 6.07) is 16.7. The van der Waals surface area contributed by atoms with Crippen LogP contribution >= 0.6 is 0 Å². The van der Waals surface area contributed by atoms with Gasteiger partial charge in [0.15, 0.2) is 0 Å². The van der Waals surface area contributed by atoms with Crippen LogP contribution in [0.2, 0.25) is 0 Å². The first-order chi connectivity index (χ1) is 15.1. The van der Waals surface area contributed by atoms with E-state index in [1.807, 2.05) is 36.1 Å². The van der Waals surface area contributed by atoms with Gasteiger partial charge >= 0.3 is 0 Å². The van der Waals surface area contributed by atoms with Gasteiger partial charge < -0.3 is 10.2 Å². The number of hydrogen-bond acceptors (Lipinski definition) is 3. The van der Waals surface area contributed by atoms with Crippen molar-refractivity contribution < 1.29 is 9.59 Å². The average Bonchev–Trinajstić information content (AvgIpc) is 2.79. The largest absolute Gasteiger partial charge is 0.349 e. The standard InChI is InChI=1S/C26H33N3O2/c1-3-24-23-11-7-5-9-20(23)12-15-29(24)18-25(30)28-16-13-21(14-17-28)27-26(31)22-10-6-4-8-19(22)2/h4-11,21,24H,3,12-18H2,1-2H3,(H,27,31). The van der Waals surface area contributed by atoms with Gasteiger partial charge in [0.1, 0.15) is 0 Å². The molecule has 1 saturated heterocycles. The third-order valence-corrected chi connectivity index (χ3v) is 6.82. The summed E-state index contributed by atoms with van der Waals surface area (Å²) in [6.07, 6.45) is 3.64. The van der Waals surface area contributed by atoms with E-state index in [1.54, 1.807) is 0 Å². The number of hydrogen-bond donors (Lipinski definition) is 1. The van der Waals surface area contributed by atoms with E-state index in [2.05, 4.69) is 41.4 Å². The summed E-state index contributed by atoms with van der Waals surface area (Å²) in [4.78, 5) is 29.9. The minimum atomic E-state index is -0.0133. The fourth-order valence-corrected chi connectivity index (χ4v) is 5.01. The van der Waals surface area contributed by atoms with E-state index in [4.69, 9.17) is 0 Å². The van der Waals surface area contributed by atoms with Gasteiger partial charge in [-0.05, 0) is 55.4 Å². The Labute approximate surface area is 185 Å². The van der Waals surface area contributed by atoms with Crippen molar-refractivity contribution in [2.75, 3.05) is 26.2 Å². The van der Waals surface area contributed by atoms with Gasteiger partial charge in [-0.2, -0.15) is 0 Å². The molecule has 0 aromatic heterocycles. The summed E-state index contributed by atoms with van der Waals surface area (Å²) in [5.74, 6) is 0.196. The van der Waals surface area contributed by atoms with E-state index in [0.717, 1.165) is 43.4 Å². The molecule has 2 aromatic carbocycles. The number of aryl methyl sites for hydroxylation is 1. The van der Waals surface area contributed by atoms with Crippen LogP contribution in [0.4, 0.5) is 0 Å². The molecular weight excluding hydrogens is 386 g/mol. The van der Waals surface area contributed by atoms with Gasteiger partial charge in [-0.3, -0.25) is 14.5 Å². The molecule has 0 saturated carbocycles. The number of fused-ring (bicyclic) bond motifs is 1. The monoisotopic (exact) mass is 419 g/mol. The third kappa shape index (κ3) is 4.82. The second-order valence-corrected chi connectivity index (χ2v) is 8.79. The minimum Gasteiger partial charge on any atom is -0.349 e. The number of nitrogens with one attached hydrogen (secondary N) is 1. The first-order valence-electron chi connectivity index (χ1n) is 11.5. The molecule has 5 nitrogen and oxygen atoms in total. The Hall–Kier alpha value is -2.66. The number of carbonyl (C=O) groups excluding carboxylic acids is 2. The van der Waals surface area contributed by atoms with E-state index >= 15 is 0 Å². The highest BCUT2D eigenvalue weighted by atomic mass is 16.2. The van der Waals surface area contributed by atoms with E-state index in [0.29, 0.717) is 25.7 Å². The Morgan fingerprint density at radius 1 is 1.00 bits per heavy atom. The summed E-state index contributed by atoms with van der Waals surface area (Å²) >= 11 is 0. The topological polar surface area (TPSA) is 52.7 Å². The van der Waals surface area contributed by atoms with Crippen molar-refractivity contribution in [1.82, 2.24) is 15.1 Å². The van der Waals surface area contributed by atoms with Crippen molar-refractivity contribution in [2.24, 2.45) is 0 Å². The SMILES string of the molecule is CCC1c2ccccc2CCN1CC(=O)N1CCC(NC(=O)c2ccccc2C)CC1. The van der Waals surface area contributed by atoms with Crippen LogP contribution < -0.4 is 5.32 Å². The maximum Gasteiger partial charge on any atom is 0.251 e. The van der Waals surface area contributed by atoms with Gasteiger partial charge in [0.2, 0.25) is 5.91 Å². The highest BCUT2D eigenvalue weighted by Gasteiger charge is 2.30. The van der Waals surface area contributed by atoms with Crippen LogP contribution in [-0.4, -0.2) is 53.8 Å². The molecule has 2 aromatic rings. The number of amides is 2. The van der Waals surface area contributed by atoms with Crippen molar-refractivity contribution in [1.29, 1.82) is 0 Å². The van der Waals surface area contributed by atoms with Crippen LogP contribution in [0.5, 0.6) is 0 Å². The number of rotatable bonds is 5. The number of piperidine rings is 1. The summed E-state index contributed by atoms with van der Waals surface area (Å²) in [6.45, 7) is 6.99. The van der Waals surface area contributed by atoms with E-state index in [9.17, 15) is 9.59 Å². The van der Waals surface area contributed by atoms with Crippen molar-refractivity contribution in [2.45, 2.75) is 51.6 Å². The molecule has 0 bridgehead atoms. The quantitative estimate of drug-likeness (QED) is 0.804. The summed E-state index contributed by atoms with van der Waals surface area (Å²) in [5, 5.41) is 3.16. The first kappa shape index (κ1) is 21.6. The van der Waals surface area contributed by atoms with Crippen molar-refractivity contribution in [3.05, 3.63) is 70.8 Å². The highest BCUT2D eigenvalue weighted by Crippen LogP contribution is 2.31. The zero-order valence-corrected chi connectivity index (χ0v) is 18.6. The lowest BCUT2D eigenvalue weighted by Gasteiger charge is -2.39. The van der Waals surface area contributed by atoms with Crippen LogP contribution in [-0.2, 0) is 11.2 Å². The van der Waals surface area contributed by atoms with Crippen LogP contribution in [0.1, 0.15) is 59.3 Å². The normalized spacial score (nSPS) is 19.7. The van der Waals surface area contributed by atoms with Gasteiger partial charge in [0.25, 0.3) is 5.91 Å². The van der Waals surface area contributed by atoms with Gasteiger partial charge in [-0.25, -0.2) is 0 Å². The van der Waals surface area contributed by atoms with Crippen LogP contribution in [0, 0.1) is 6.92 Å². The minimum absolute atomic E-state index is 0.0133. The average molecular weight is 420 g/mol. The molecular formula is C26H33N3O2. The zero-order valence-electron chi connectivity index (χ0n) is 18.6. The molecule has 2 amide bonds. The molecule has 31 heavy (non-hydrogen) atoms. The van der Waals surface area contributed by atoms with Crippen LogP contribution in [0.3, 0.4) is 0 Å². The first-order valence-corrected chi connectivity index (χ1v) is 11.5. The van der Waals surface area contributed by atoms with Gasteiger partial charge in [-0.15, -0.1) is 0 Å². The van der Waals surface area contributed by atoms with Gasteiger partial charge in [0, 0.05) is 37.3 Å². The molecule has 0 radical (unpaired) electrons.